The highest BCUT2D eigenvalue weighted by atomic mass is 79.9. The van der Waals surface area contributed by atoms with Crippen molar-refractivity contribution in [2.24, 2.45) is 11.7 Å². The summed E-state index contributed by atoms with van der Waals surface area (Å²) in [6.07, 6.45) is 2.51. The van der Waals surface area contributed by atoms with Gasteiger partial charge in [-0.2, -0.15) is 0 Å². The first-order chi connectivity index (χ1) is 10.5. The van der Waals surface area contributed by atoms with Gasteiger partial charge < -0.3 is 15.4 Å². The van der Waals surface area contributed by atoms with Gasteiger partial charge in [0.15, 0.2) is 0 Å². The highest BCUT2D eigenvalue weighted by Crippen LogP contribution is 2.28. The minimum absolute atomic E-state index is 0.135. The first kappa shape index (κ1) is 17.6. The maximum absolute atomic E-state index is 12.3. The van der Waals surface area contributed by atoms with Gasteiger partial charge in [0.1, 0.15) is 5.75 Å². The number of hydrogen-bond donors (Lipinski definition) is 1. The third-order valence-corrected chi connectivity index (χ3v) is 4.88. The van der Waals surface area contributed by atoms with Crippen LogP contribution >= 0.6 is 27.5 Å². The van der Waals surface area contributed by atoms with Crippen LogP contribution in [0.3, 0.4) is 0 Å². The van der Waals surface area contributed by atoms with Crippen molar-refractivity contribution in [3.63, 3.8) is 0 Å². The van der Waals surface area contributed by atoms with Crippen LogP contribution in [-0.2, 0) is 4.79 Å². The van der Waals surface area contributed by atoms with Gasteiger partial charge in [0.05, 0.1) is 17.5 Å². The van der Waals surface area contributed by atoms with Crippen molar-refractivity contribution in [2.75, 3.05) is 19.7 Å². The molecule has 2 rings (SSSR count). The van der Waals surface area contributed by atoms with Crippen LogP contribution < -0.4 is 10.5 Å². The van der Waals surface area contributed by atoms with Gasteiger partial charge in [-0.25, -0.2) is 0 Å². The van der Waals surface area contributed by atoms with E-state index in [1.54, 1.807) is 18.2 Å². The van der Waals surface area contributed by atoms with Crippen molar-refractivity contribution in [2.45, 2.75) is 32.2 Å². The van der Waals surface area contributed by atoms with E-state index in [0.717, 1.165) is 30.4 Å². The fourth-order valence-electron chi connectivity index (χ4n) is 2.66. The van der Waals surface area contributed by atoms with E-state index in [1.807, 2.05) is 11.8 Å². The molecule has 1 heterocycles. The zero-order valence-electron chi connectivity index (χ0n) is 12.7. The average Bonchev–Trinajstić information content (AvgIpc) is 2.49. The zero-order valence-corrected chi connectivity index (χ0v) is 15.1. The number of carbonyl (C=O) groups is 1. The van der Waals surface area contributed by atoms with E-state index >= 15 is 0 Å². The Morgan fingerprint density at radius 3 is 3.05 bits per heavy atom. The number of rotatable bonds is 5. The van der Waals surface area contributed by atoms with Crippen molar-refractivity contribution in [1.29, 1.82) is 0 Å². The summed E-state index contributed by atoms with van der Waals surface area (Å²) >= 11 is 9.28. The molecule has 1 aromatic rings. The molecule has 0 unspecified atom stereocenters. The number of benzene rings is 1. The molecule has 0 aromatic heterocycles. The average molecular weight is 390 g/mol. The van der Waals surface area contributed by atoms with E-state index in [4.69, 9.17) is 22.1 Å². The number of nitrogens with zero attached hydrogens (tertiary/aromatic N) is 1. The van der Waals surface area contributed by atoms with Crippen molar-refractivity contribution in [3.05, 3.63) is 27.7 Å². The highest BCUT2D eigenvalue weighted by molar-refractivity contribution is 9.10. The summed E-state index contributed by atoms with van der Waals surface area (Å²) in [6, 6.07) is 5.47. The summed E-state index contributed by atoms with van der Waals surface area (Å²) < 4.78 is 6.44. The topological polar surface area (TPSA) is 55.6 Å². The van der Waals surface area contributed by atoms with E-state index in [0.29, 0.717) is 29.7 Å². The predicted molar refractivity (Wildman–Crippen MR) is 92.2 cm³/mol. The molecule has 6 heteroatoms. The second-order valence-corrected chi connectivity index (χ2v) is 7.07. The van der Waals surface area contributed by atoms with Gasteiger partial charge in [-0.05, 0) is 59.8 Å². The van der Waals surface area contributed by atoms with Gasteiger partial charge in [0.25, 0.3) is 0 Å². The smallest absolute Gasteiger partial charge is 0.226 e. The van der Waals surface area contributed by atoms with Gasteiger partial charge in [-0.1, -0.05) is 11.6 Å². The second kappa shape index (κ2) is 8.18. The molecule has 0 spiro atoms. The number of carbonyl (C=O) groups excluding carboxylic acids is 1. The molecule has 0 radical (unpaired) electrons. The molecular weight excluding hydrogens is 368 g/mol. The Kier molecular flexibility index (Phi) is 6.53. The van der Waals surface area contributed by atoms with Crippen molar-refractivity contribution in [1.82, 2.24) is 4.90 Å². The highest BCUT2D eigenvalue weighted by Gasteiger charge is 2.25. The lowest BCUT2D eigenvalue weighted by molar-refractivity contribution is -0.133. The lowest BCUT2D eigenvalue weighted by Gasteiger charge is -2.34. The molecule has 1 amide bonds. The van der Waals surface area contributed by atoms with Gasteiger partial charge >= 0.3 is 0 Å². The van der Waals surface area contributed by atoms with Crippen molar-refractivity contribution < 1.29 is 9.53 Å². The molecule has 4 nitrogen and oxygen atoms in total. The van der Waals surface area contributed by atoms with E-state index in [2.05, 4.69) is 15.9 Å². The van der Waals surface area contributed by atoms with E-state index in [9.17, 15) is 4.79 Å². The maximum atomic E-state index is 12.3. The standard InChI is InChI=1S/C16H22BrClN2O2/c1-11(19)12-3-2-7-20(10-12)16(21)6-8-22-15-5-4-13(18)9-14(15)17/h4-5,9,11-12H,2-3,6-8,10,19H2,1H3/t11-,12+/m1/s1. The monoisotopic (exact) mass is 388 g/mol. The van der Waals surface area contributed by atoms with E-state index in [1.165, 1.54) is 0 Å². The Morgan fingerprint density at radius 2 is 2.36 bits per heavy atom. The molecular formula is C16H22BrClN2O2. The summed E-state index contributed by atoms with van der Waals surface area (Å²) in [5, 5.41) is 0.644. The largest absolute Gasteiger partial charge is 0.492 e. The van der Waals surface area contributed by atoms with E-state index < -0.39 is 0 Å². The van der Waals surface area contributed by atoms with Crippen LogP contribution in [0.25, 0.3) is 0 Å². The molecule has 2 N–H and O–H groups in total. The van der Waals surface area contributed by atoms with Crippen LogP contribution in [0.4, 0.5) is 0 Å². The lowest BCUT2D eigenvalue weighted by atomic mass is 9.92. The molecule has 1 aromatic carbocycles. The summed E-state index contributed by atoms with van der Waals surface area (Å²) in [5.41, 5.74) is 5.96. The molecule has 122 valence electrons. The summed E-state index contributed by atoms with van der Waals surface area (Å²) in [4.78, 5) is 14.2. The molecule has 22 heavy (non-hydrogen) atoms. The molecule has 1 aliphatic heterocycles. The maximum Gasteiger partial charge on any atom is 0.226 e. The summed E-state index contributed by atoms with van der Waals surface area (Å²) in [6.45, 7) is 3.96. The molecule has 1 saturated heterocycles. The minimum Gasteiger partial charge on any atom is -0.492 e. The molecule has 0 saturated carbocycles. The second-order valence-electron chi connectivity index (χ2n) is 5.77. The predicted octanol–water partition coefficient (Wildman–Crippen LogP) is 3.46. The number of halogens is 2. The zero-order chi connectivity index (χ0) is 16.1. The number of piperidine rings is 1. The van der Waals surface area contributed by atoms with Crippen molar-refractivity contribution >= 4 is 33.4 Å². The normalized spacial score (nSPS) is 19.8. The minimum atomic E-state index is 0.135. The van der Waals surface area contributed by atoms with Gasteiger partial charge in [-0.15, -0.1) is 0 Å². The third kappa shape index (κ3) is 4.86. The summed E-state index contributed by atoms with van der Waals surface area (Å²) in [7, 11) is 0. The SMILES string of the molecule is C[C@@H](N)[C@H]1CCCN(C(=O)CCOc2ccc(Cl)cc2Br)C1. The van der Waals surface area contributed by atoms with Crippen molar-refractivity contribution in [3.8, 4) is 5.75 Å². The first-order valence-corrected chi connectivity index (χ1v) is 8.75. The number of nitrogens with two attached hydrogens (primary N) is 1. The van der Waals surface area contributed by atoms with E-state index in [-0.39, 0.29) is 11.9 Å². The Hall–Kier alpha value is -0.780. The van der Waals surface area contributed by atoms with Gasteiger partial charge in [0.2, 0.25) is 5.91 Å². The molecule has 0 aliphatic carbocycles. The number of amides is 1. The number of ether oxygens (including phenoxy) is 1. The first-order valence-electron chi connectivity index (χ1n) is 7.58. The quantitative estimate of drug-likeness (QED) is 0.839. The number of likely N-dealkylation sites (tertiary alicyclic amines) is 1. The van der Waals surface area contributed by atoms with Crippen LogP contribution in [-0.4, -0.2) is 36.5 Å². The Balaban J connectivity index is 1.80. The molecule has 1 aliphatic rings. The van der Waals surface area contributed by atoms with Crippen LogP contribution in [0, 0.1) is 5.92 Å². The molecule has 0 bridgehead atoms. The fraction of sp³-hybridized carbons (Fsp3) is 0.562. The van der Waals surface area contributed by atoms with Gasteiger partial charge in [-0.3, -0.25) is 4.79 Å². The van der Waals surface area contributed by atoms with Crippen LogP contribution in [0.2, 0.25) is 5.02 Å². The van der Waals surface area contributed by atoms with Gasteiger partial charge in [0, 0.05) is 24.2 Å². The Morgan fingerprint density at radius 1 is 1.59 bits per heavy atom. The molecule has 1 fully saturated rings. The Labute approximate surface area is 145 Å². The van der Waals surface area contributed by atoms with Crippen LogP contribution in [0.15, 0.2) is 22.7 Å². The third-order valence-electron chi connectivity index (χ3n) is 4.02. The lowest BCUT2D eigenvalue weighted by Crippen LogP contribution is -2.45. The van der Waals surface area contributed by atoms with Crippen LogP contribution in [0.5, 0.6) is 5.75 Å². The van der Waals surface area contributed by atoms with Crippen LogP contribution in [0.1, 0.15) is 26.2 Å². The Bertz CT molecular complexity index is 525. The fourth-order valence-corrected chi connectivity index (χ4v) is 3.46. The number of hydrogen-bond acceptors (Lipinski definition) is 3. The summed E-state index contributed by atoms with van der Waals surface area (Å²) in [5.74, 6) is 1.24. The molecule has 2 atom stereocenters.